The minimum atomic E-state index is 0.0742. The molecule has 0 spiro atoms. The molecular weight excluding hydrogens is 272 g/mol. The van der Waals surface area contributed by atoms with E-state index < -0.39 is 0 Å². The van der Waals surface area contributed by atoms with Gasteiger partial charge in [0.25, 0.3) is 5.91 Å². The second-order valence-electron chi connectivity index (χ2n) is 5.39. The quantitative estimate of drug-likeness (QED) is 0.868. The summed E-state index contributed by atoms with van der Waals surface area (Å²) in [5, 5.41) is 1.84. The number of imidazole rings is 1. The van der Waals surface area contributed by atoms with E-state index in [4.69, 9.17) is 0 Å². The van der Waals surface area contributed by atoms with Gasteiger partial charge in [0.15, 0.2) is 0 Å². The van der Waals surface area contributed by atoms with Gasteiger partial charge in [-0.1, -0.05) is 0 Å². The van der Waals surface area contributed by atoms with Crippen molar-refractivity contribution in [2.24, 2.45) is 5.92 Å². The van der Waals surface area contributed by atoms with Crippen LogP contribution in [0.4, 0.5) is 0 Å². The Morgan fingerprint density at radius 2 is 2.45 bits per heavy atom. The van der Waals surface area contributed by atoms with Gasteiger partial charge in [-0.05, 0) is 30.8 Å². The highest BCUT2D eigenvalue weighted by Crippen LogP contribution is 2.21. The molecule has 6 heteroatoms. The molecule has 0 saturated heterocycles. The first kappa shape index (κ1) is 13.3. The van der Waals surface area contributed by atoms with Crippen LogP contribution < -0.4 is 0 Å². The summed E-state index contributed by atoms with van der Waals surface area (Å²) in [6.07, 6.45) is 5.93. The van der Waals surface area contributed by atoms with Gasteiger partial charge < -0.3 is 9.47 Å². The number of amides is 1. The Kier molecular flexibility index (Phi) is 3.56. The molecule has 3 heterocycles. The van der Waals surface area contributed by atoms with Gasteiger partial charge in [-0.15, -0.1) is 0 Å². The first-order chi connectivity index (χ1) is 9.65. The van der Waals surface area contributed by atoms with Crippen LogP contribution in [0.3, 0.4) is 0 Å². The van der Waals surface area contributed by atoms with E-state index in [1.54, 1.807) is 0 Å². The lowest BCUT2D eigenvalue weighted by Crippen LogP contribution is -2.35. The summed E-state index contributed by atoms with van der Waals surface area (Å²) in [5.74, 6) is 1.70. The summed E-state index contributed by atoms with van der Waals surface area (Å²) in [5.41, 5.74) is 1.56. The number of carbonyl (C=O) groups excluding carboxylic acids is 1. The van der Waals surface area contributed by atoms with Crippen molar-refractivity contribution in [3.05, 3.63) is 34.9 Å². The summed E-state index contributed by atoms with van der Waals surface area (Å²) in [4.78, 5) is 18.6. The summed E-state index contributed by atoms with van der Waals surface area (Å²) >= 11 is 1.34. The second-order valence-corrected chi connectivity index (χ2v) is 6.02. The third kappa shape index (κ3) is 2.47. The molecule has 0 unspecified atom stereocenters. The molecule has 0 bridgehead atoms. The van der Waals surface area contributed by atoms with E-state index >= 15 is 0 Å². The van der Waals surface area contributed by atoms with Gasteiger partial charge in [0.1, 0.15) is 5.82 Å². The first-order valence-corrected chi connectivity index (χ1v) is 7.65. The van der Waals surface area contributed by atoms with E-state index in [2.05, 4.69) is 13.9 Å². The third-order valence-corrected chi connectivity index (χ3v) is 4.63. The van der Waals surface area contributed by atoms with Crippen LogP contribution in [0.5, 0.6) is 0 Å². The van der Waals surface area contributed by atoms with Crippen LogP contribution in [0.1, 0.15) is 28.3 Å². The van der Waals surface area contributed by atoms with E-state index in [0.29, 0.717) is 5.92 Å². The fourth-order valence-electron chi connectivity index (χ4n) is 2.74. The maximum Gasteiger partial charge on any atom is 0.256 e. The van der Waals surface area contributed by atoms with Gasteiger partial charge >= 0.3 is 0 Å². The number of fused-ring (bicyclic) bond motifs is 1. The van der Waals surface area contributed by atoms with Crippen molar-refractivity contribution in [1.29, 1.82) is 0 Å². The number of aromatic nitrogens is 3. The van der Waals surface area contributed by atoms with Crippen LogP contribution >= 0.6 is 11.5 Å². The van der Waals surface area contributed by atoms with Crippen LogP contribution in [0.2, 0.25) is 0 Å². The zero-order valence-electron chi connectivity index (χ0n) is 11.7. The zero-order valence-corrected chi connectivity index (χ0v) is 12.6. The Morgan fingerprint density at radius 3 is 3.20 bits per heavy atom. The molecule has 0 saturated carbocycles. The van der Waals surface area contributed by atoms with E-state index in [1.165, 1.54) is 11.5 Å². The van der Waals surface area contributed by atoms with Crippen molar-refractivity contribution in [1.82, 2.24) is 18.8 Å². The monoisotopic (exact) mass is 290 g/mol. The predicted octanol–water partition coefficient (Wildman–Crippen LogP) is 1.98. The van der Waals surface area contributed by atoms with Gasteiger partial charge in [-0.3, -0.25) is 4.79 Å². The normalized spacial score (nSPS) is 17.8. The molecule has 2 aromatic rings. The molecule has 0 radical (unpaired) electrons. The Morgan fingerprint density at radius 1 is 1.60 bits per heavy atom. The van der Waals surface area contributed by atoms with Crippen molar-refractivity contribution in [2.75, 3.05) is 13.6 Å². The average molecular weight is 290 g/mol. The highest BCUT2D eigenvalue weighted by atomic mass is 32.1. The maximum atomic E-state index is 12.4. The van der Waals surface area contributed by atoms with Crippen molar-refractivity contribution >= 4 is 17.4 Å². The first-order valence-electron chi connectivity index (χ1n) is 6.81. The number of aryl methyl sites for hydroxylation is 2. The Balaban J connectivity index is 1.64. The Bertz CT molecular complexity index is 618. The molecule has 1 aliphatic heterocycles. The lowest BCUT2D eigenvalue weighted by molar-refractivity contribution is 0.0763. The maximum absolute atomic E-state index is 12.4. The van der Waals surface area contributed by atoms with Gasteiger partial charge in [-0.2, -0.15) is 4.37 Å². The Labute approximate surface area is 122 Å². The van der Waals surface area contributed by atoms with Crippen LogP contribution in [0, 0.1) is 12.8 Å². The van der Waals surface area contributed by atoms with E-state index in [9.17, 15) is 4.79 Å². The van der Waals surface area contributed by atoms with Crippen LogP contribution in [0.25, 0.3) is 0 Å². The van der Waals surface area contributed by atoms with Crippen molar-refractivity contribution in [2.45, 2.75) is 26.3 Å². The number of nitrogens with zero attached hydrogens (tertiary/aromatic N) is 4. The number of carbonyl (C=O) groups is 1. The standard InChI is InChI=1S/C14H18N4OS/c1-10-12(9-20-16-10)14(19)17(2)8-11-3-5-18-6-4-15-13(18)7-11/h4,6,9,11H,3,5,7-8H2,1-2H3/t11-/m1/s1. The fourth-order valence-corrected chi connectivity index (χ4v) is 3.43. The second kappa shape index (κ2) is 5.36. The summed E-state index contributed by atoms with van der Waals surface area (Å²) in [6, 6.07) is 0. The van der Waals surface area contributed by atoms with Crippen LogP contribution in [-0.2, 0) is 13.0 Å². The van der Waals surface area contributed by atoms with Gasteiger partial charge in [0.2, 0.25) is 0 Å². The molecule has 0 aliphatic carbocycles. The van der Waals surface area contributed by atoms with Crippen molar-refractivity contribution < 1.29 is 4.79 Å². The Hall–Kier alpha value is -1.69. The summed E-state index contributed by atoms with van der Waals surface area (Å²) in [7, 11) is 1.88. The van der Waals surface area contributed by atoms with Crippen LogP contribution in [-0.4, -0.2) is 38.3 Å². The van der Waals surface area contributed by atoms with Gasteiger partial charge in [-0.25, -0.2) is 4.98 Å². The lowest BCUT2D eigenvalue weighted by Gasteiger charge is -2.27. The number of hydrogen-bond donors (Lipinski definition) is 0. The smallest absolute Gasteiger partial charge is 0.256 e. The van der Waals surface area contributed by atoms with Crippen molar-refractivity contribution in [3.8, 4) is 0 Å². The molecule has 1 atom stereocenters. The average Bonchev–Trinajstić information content (AvgIpc) is 3.05. The molecule has 0 fully saturated rings. The highest BCUT2D eigenvalue weighted by molar-refractivity contribution is 7.03. The molecular formula is C14H18N4OS. The van der Waals surface area contributed by atoms with E-state index in [1.807, 2.05) is 36.6 Å². The molecule has 2 aromatic heterocycles. The summed E-state index contributed by atoms with van der Waals surface area (Å²) < 4.78 is 6.37. The minimum absolute atomic E-state index is 0.0742. The topological polar surface area (TPSA) is 51.0 Å². The predicted molar refractivity (Wildman–Crippen MR) is 77.8 cm³/mol. The van der Waals surface area contributed by atoms with E-state index in [0.717, 1.165) is 43.0 Å². The molecule has 0 N–H and O–H groups in total. The molecule has 3 rings (SSSR count). The fraction of sp³-hybridized carbons (Fsp3) is 0.500. The van der Waals surface area contributed by atoms with Crippen molar-refractivity contribution in [3.63, 3.8) is 0 Å². The molecule has 1 amide bonds. The molecule has 1 aliphatic rings. The van der Waals surface area contributed by atoms with Gasteiger partial charge in [0, 0.05) is 44.3 Å². The molecule has 5 nitrogen and oxygen atoms in total. The van der Waals surface area contributed by atoms with Crippen LogP contribution in [0.15, 0.2) is 17.8 Å². The molecule has 0 aromatic carbocycles. The number of hydrogen-bond acceptors (Lipinski definition) is 4. The third-order valence-electron chi connectivity index (χ3n) is 3.91. The zero-order chi connectivity index (χ0) is 14.1. The SMILES string of the molecule is Cc1nscc1C(=O)N(C)C[C@@H]1CCn2ccnc2C1. The van der Waals surface area contributed by atoms with Gasteiger partial charge in [0.05, 0.1) is 11.3 Å². The molecule has 20 heavy (non-hydrogen) atoms. The lowest BCUT2D eigenvalue weighted by atomic mass is 9.97. The van der Waals surface area contributed by atoms with E-state index in [-0.39, 0.29) is 5.91 Å². The number of rotatable bonds is 3. The largest absolute Gasteiger partial charge is 0.341 e. The minimum Gasteiger partial charge on any atom is -0.341 e. The summed E-state index contributed by atoms with van der Waals surface area (Å²) in [6.45, 7) is 3.66. The molecule has 106 valence electrons. The highest BCUT2D eigenvalue weighted by Gasteiger charge is 2.23.